The van der Waals surface area contributed by atoms with E-state index in [1.54, 1.807) is 0 Å². The first kappa shape index (κ1) is 33.7. The quantitative estimate of drug-likeness (QED) is 0.190. The summed E-state index contributed by atoms with van der Waals surface area (Å²) in [6, 6.07) is 0. The molecule has 3 unspecified atom stereocenters. The van der Waals surface area contributed by atoms with Gasteiger partial charge in [0.2, 0.25) is 0 Å². The van der Waals surface area contributed by atoms with Gasteiger partial charge >= 0.3 is 0 Å². The summed E-state index contributed by atoms with van der Waals surface area (Å²) in [7, 11) is 1.43. The third-order valence-electron chi connectivity index (χ3n) is 12.6. The van der Waals surface area contributed by atoms with Crippen LogP contribution in [0.15, 0.2) is 11.6 Å². The van der Waals surface area contributed by atoms with E-state index in [0.717, 1.165) is 37.7 Å². The molecule has 1 aliphatic heterocycles. The number of methoxy groups -OCH3 is 1. The van der Waals surface area contributed by atoms with Crippen LogP contribution in [-0.2, 0) is 14.2 Å². The van der Waals surface area contributed by atoms with Crippen LogP contribution in [0.4, 0.5) is 0 Å². The van der Waals surface area contributed by atoms with Crippen molar-refractivity contribution in [2.75, 3.05) is 20.3 Å². The summed E-state index contributed by atoms with van der Waals surface area (Å²) in [5.74, 6) is -0.578. The van der Waals surface area contributed by atoms with Crippen molar-refractivity contribution in [3.8, 4) is 0 Å². The van der Waals surface area contributed by atoms with E-state index < -0.39 is 71.4 Å². The van der Waals surface area contributed by atoms with E-state index in [-0.39, 0.29) is 43.3 Å². The molecular formula is C33H56O10. The monoisotopic (exact) mass is 612 g/mol. The number of hydrogen-bond acceptors (Lipinski definition) is 10. The number of aliphatic hydroxyl groups excluding tert-OH is 6. The zero-order valence-corrected chi connectivity index (χ0v) is 26.5. The fourth-order valence-corrected chi connectivity index (χ4v) is 10.5. The molecule has 0 bridgehead atoms. The molecule has 5 rings (SSSR count). The Morgan fingerprint density at radius 2 is 1.72 bits per heavy atom. The molecule has 16 atom stereocenters. The highest BCUT2D eigenvalue weighted by atomic mass is 16.7. The molecule has 248 valence electrons. The van der Waals surface area contributed by atoms with Crippen molar-refractivity contribution < 1.29 is 50.0 Å². The lowest BCUT2D eigenvalue weighted by Gasteiger charge is -2.64. The summed E-state index contributed by atoms with van der Waals surface area (Å²) in [4.78, 5) is 0. The molecule has 7 N–H and O–H groups in total. The zero-order chi connectivity index (χ0) is 31.5. The Balaban J connectivity index is 1.36. The average Bonchev–Trinajstić information content (AvgIpc) is 3.16. The molecule has 1 heterocycles. The normalized spacial score (nSPS) is 51.2. The van der Waals surface area contributed by atoms with Crippen LogP contribution in [0.25, 0.3) is 0 Å². The minimum absolute atomic E-state index is 0.0693. The van der Waals surface area contributed by atoms with E-state index in [4.69, 9.17) is 14.2 Å². The van der Waals surface area contributed by atoms with Crippen LogP contribution >= 0.6 is 0 Å². The third-order valence-corrected chi connectivity index (χ3v) is 12.6. The molecule has 4 fully saturated rings. The van der Waals surface area contributed by atoms with Crippen molar-refractivity contribution >= 4 is 0 Å². The highest BCUT2D eigenvalue weighted by Crippen LogP contribution is 2.69. The Kier molecular flexibility index (Phi) is 9.80. The molecule has 1 saturated heterocycles. The first-order valence-corrected chi connectivity index (χ1v) is 16.5. The summed E-state index contributed by atoms with van der Waals surface area (Å²) < 4.78 is 17.2. The van der Waals surface area contributed by atoms with Gasteiger partial charge in [0.1, 0.15) is 18.3 Å². The highest BCUT2D eigenvalue weighted by Gasteiger charge is 2.72. The summed E-state index contributed by atoms with van der Waals surface area (Å²) in [6.07, 6.45) is 0.172. The third kappa shape index (κ3) is 5.55. The maximum Gasteiger partial charge on any atom is 0.187 e. The molecule has 0 aromatic heterocycles. The van der Waals surface area contributed by atoms with Crippen molar-refractivity contribution in [2.45, 2.75) is 134 Å². The summed E-state index contributed by atoms with van der Waals surface area (Å²) in [6.45, 7) is 8.48. The Hall–Kier alpha value is -0.660. The van der Waals surface area contributed by atoms with E-state index in [1.807, 2.05) is 13.0 Å². The van der Waals surface area contributed by atoms with Gasteiger partial charge in [-0.05, 0) is 72.2 Å². The SMILES string of the molecule is CO[C@H]1[C@H](O[C@@H]2C=C3[C@H](O)C[C@]4(O)C(CC[C@@]5(C)C4[C@@H](O)[C@H](O)[C@@H]5[C@H](C)CCCC(C)CO)[C@@]3(C)CC2)OC[C@@H](O)[C@@H]1O. The number of ether oxygens (including phenoxy) is 3. The lowest BCUT2D eigenvalue weighted by atomic mass is 9.43. The van der Waals surface area contributed by atoms with Gasteiger partial charge < -0.3 is 50.0 Å². The minimum atomic E-state index is -1.35. The standard InChI is InChI=1S/C33H56O10/c1-17(15-34)7-6-8-18(2)24-26(38)27(39)29-32(24,4)12-10-23-31(3)11-9-19(13-20(31)21(35)14-33(23,29)40)43-30-28(41-5)25(37)22(36)16-42-30/h13,17-19,21-30,34-40H,6-12,14-16H2,1-5H3/t17?,18-,19+,21-,22-,23?,24+,25+,26-,27+,28-,29?,30+,31+,32-,33+/m1/s1. The van der Waals surface area contributed by atoms with Gasteiger partial charge in [0.25, 0.3) is 0 Å². The molecule has 0 spiro atoms. The lowest BCUT2D eigenvalue weighted by Crippen LogP contribution is -2.66. The molecule has 0 aromatic carbocycles. The van der Waals surface area contributed by atoms with Crippen molar-refractivity contribution in [3.05, 3.63) is 11.6 Å². The van der Waals surface area contributed by atoms with Crippen LogP contribution in [0.2, 0.25) is 0 Å². The first-order valence-electron chi connectivity index (χ1n) is 16.5. The number of hydrogen-bond donors (Lipinski definition) is 7. The van der Waals surface area contributed by atoms with Crippen LogP contribution in [0, 0.1) is 40.4 Å². The molecule has 4 aliphatic carbocycles. The second-order valence-electron chi connectivity index (χ2n) is 15.2. The summed E-state index contributed by atoms with van der Waals surface area (Å²) in [5, 5.41) is 77.0. The largest absolute Gasteiger partial charge is 0.396 e. The van der Waals surface area contributed by atoms with Gasteiger partial charge in [-0.25, -0.2) is 0 Å². The van der Waals surface area contributed by atoms with Crippen molar-refractivity contribution in [3.63, 3.8) is 0 Å². The summed E-state index contributed by atoms with van der Waals surface area (Å²) >= 11 is 0. The Morgan fingerprint density at radius 3 is 2.40 bits per heavy atom. The zero-order valence-electron chi connectivity index (χ0n) is 26.5. The first-order chi connectivity index (χ1) is 20.2. The van der Waals surface area contributed by atoms with Gasteiger partial charge in [0.15, 0.2) is 6.29 Å². The predicted octanol–water partition coefficient (Wildman–Crippen LogP) is 1.51. The highest BCUT2D eigenvalue weighted by molar-refractivity contribution is 5.33. The van der Waals surface area contributed by atoms with Gasteiger partial charge in [-0.1, -0.05) is 46.6 Å². The fraction of sp³-hybridized carbons (Fsp3) is 0.939. The van der Waals surface area contributed by atoms with Gasteiger partial charge in [0.05, 0.1) is 36.6 Å². The average molecular weight is 613 g/mol. The van der Waals surface area contributed by atoms with Gasteiger partial charge in [-0.3, -0.25) is 0 Å². The molecule has 5 aliphatic rings. The molecule has 3 saturated carbocycles. The van der Waals surface area contributed by atoms with Crippen molar-refractivity contribution in [1.82, 2.24) is 0 Å². The molecule has 10 nitrogen and oxygen atoms in total. The minimum Gasteiger partial charge on any atom is -0.396 e. The van der Waals surface area contributed by atoms with Crippen LogP contribution in [-0.4, -0.2) is 111 Å². The van der Waals surface area contributed by atoms with E-state index in [9.17, 15) is 35.7 Å². The Morgan fingerprint density at radius 1 is 1.00 bits per heavy atom. The van der Waals surface area contributed by atoms with E-state index in [0.29, 0.717) is 12.8 Å². The molecule has 0 aromatic rings. The van der Waals surface area contributed by atoms with Crippen LogP contribution in [0.1, 0.15) is 79.1 Å². The molecule has 0 amide bonds. The topological polar surface area (TPSA) is 169 Å². The Bertz CT molecular complexity index is 1010. The van der Waals surface area contributed by atoms with Crippen LogP contribution in [0.3, 0.4) is 0 Å². The summed E-state index contributed by atoms with van der Waals surface area (Å²) in [5.41, 5.74) is -1.53. The number of rotatable bonds is 9. The molecule has 0 radical (unpaired) electrons. The van der Waals surface area contributed by atoms with Crippen LogP contribution in [0.5, 0.6) is 0 Å². The Labute approximate surface area is 256 Å². The fourth-order valence-electron chi connectivity index (χ4n) is 10.5. The number of aliphatic hydroxyl groups is 7. The van der Waals surface area contributed by atoms with E-state index in [1.165, 1.54) is 7.11 Å². The van der Waals surface area contributed by atoms with E-state index in [2.05, 4.69) is 20.8 Å². The molecule has 43 heavy (non-hydrogen) atoms. The number of fused-ring (bicyclic) bond motifs is 5. The molecular weight excluding hydrogens is 556 g/mol. The second kappa shape index (κ2) is 12.5. The smallest absolute Gasteiger partial charge is 0.187 e. The lowest BCUT2D eigenvalue weighted by molar-refractivity contribution is -0.285. The van der Waals surface area contributed by atoms with Gasteiger partial charge in [-0.15, -0.1) is 0 Å². The van der Waals surface area contributed by atoms with Crippen molar-refractivity contribution in [2.24, 2.45) is 40.4 Å². The van der Waals surface area contributed by atoms with E-state index >= 15 is 0 Å². The predicted molar refractivity (Wildman–Crippen MR) is 158 cm³/mol. The second-order valence-corrected chi connectivity index (χ2v) is 15.2. The van der Waals surface area contributed by atoms with Crippen LogP contribution < -0.4 is 0 Å². The molecule has 10 heteroatoms. The van der Waals surface area contributed by atoms with Gasteiger partial charge in [-0.2, -0.15) is 0 Å². The van der Waals surface area contributed by atoms with Crippen molar-refractivity contribution in [1.29, 1.82) is 0 Å². The maximum absolute atomic E-state index is 12.6. The van der Waals surface area contributed by atoms with Gasteiger partial charge in [0, 0.05) is 26.1 Å². The maximum atomic E-state index is 12.6.